The smallest absolute Gasteiger partial charge is 0.271 e. The quantitative estimate of drug-likeness (QED) is 0.503. The second-order valence-corrected chi connectivity index (χ2v) is 7.53. The lowest BCUT2D eigenvalue weighted by Crippen LogP contribution is -2.39. The number of nitrogens with zero attached hydrogens (tertiary/aromatic N) is 2. The number of primary amides is 1. The Hall–Kier alpha value is -4.66. The van der Waals surface area contributed by atoms with Crippen LogP contribution in [0.15, 0.2) is 84.0 Å². The maximum Gasteiger partial charge on any atom is 0.271 e. The molecule has 1 aliphatic rings. The SMILES string of the molecule is COc1cccc(NC(=O)c2ccccc2NC(=O)C2=NN(c3ccccc3)C(C(N)=O)C2)c1. The third kappa shape index (κ3) is 4.88. The molecule has 9 heteroatoms. The van der Waals surface area contributed by atoms with Crippen molar-refractivity contribution in [1.29, 1.82) is 0 Å². The number of hydrogen-bond donors (Lipinski definition) is 3. The molecule has 0 fully saturated rings. The summed E-state index contributed by atoms with van der Waals surface area (Å²) in [4.78, 5) is 37.9. The Kier molecular flexibility index (Phi) is 6.54. The Bertz CT molecular complexity index is 1260. The molecule has 0 radical (unpaired) electrons. The van der Waals surface area contributed by atoms with E-state index >= 15 is 0 Å². The van der Waals surface area contributed by atoms with E-state index in [0.29, 0.717) is 22.8 Å². The molecule has 4 rings (SSSR count). The predicted octanol–water partition coefficient (Wildman–Crippen LogP) is 3.01. The van der Waals surface area contributed by atoms with Crippen LogP contribution in [-0.2, 0) is 9.59 Å². The first kappa shape index (κ1) is 22.5. The number of methoxy groups -OCH3 is 1. The summed E-state index contributed by atoms with van der Waals surface area (Å²) in [6, 6.07) is 21.8. The monoisotopic (exact) mass is 457 g/mol. The van der Waals surface area contributed by atoms with Gasteiger partial charge in [-0.3, -0.25) is 19.4 Å². The van der Waals surface area contributed by atoms with Crippen molar-refractivity contribution in [3.05, 3.63) is 84.4 Å². The van der Waals surface area contributed by atoms with Crippen LogP contribution in [0.2, 0.25) is 0 Å². The number of para-hydroxylation sites is 2. The van der Waals surface area contributed by atoms with Gasteiger partial charge < -0.3 is 21.1 Å². The van der Waals surface area contributed by atoms with Gasteiger partial charge in [0.2, 0.25) is 5.91 Å². The molecule has 0 aromatic heterocycles. The van der Waals surface area contributed by atoms with Gasteiger partial charge in [-0.05, 0) is 36.4 Å². The molecule has 0 saturated carbocycles. The minimum Gasteiger partial charge on any atom is -0.497 e. The van der Waals surface area contributed by atoms with Crippen LogP contribution in [0.3, 0.4) is 0 Å². The third-order valence-corrected chi connectivity index (χ3v) is 5.27. The van der Waals surface area contributed by atoms with Crippen molar-refractivity contribution in [2.24, 2.45) is 10.8 Å². The average molecular weight is 457 g/mol. The maximum atomic E-state index is 13.0. The van der Waals surface area contributed by atoms with Crippen molar-refractivity contribution in [2.45, 2.75) is 12.5 Å². The molecule has 4 N–H and O–H groups in total. The largest absolute Gasteiger partial charge is 0.497 e. The molecular formula is C25H23N5O4. The highest BCUT2D eigenvalue weighted by atomic mass is 16.5. The standard InChI is InChI=1S/C25H23N5O4/c1-34-18-11-7-8-16(14-18)27-24(32)19-12-5-6-13-20(19)28-25(33)21-15-22(23(26)31)30(29-21)17-9-3-2-4-10-17/h2-14,22H,15H2,1H3,(H2,26,31)(H,27,32)(H,28,33). The van der Waals surface area contributed by atoms with E-state index in [2.05, 4.69) is 15.7 Å². The fraction of sp³-hybridized carbons (Fsp3) is 0.120. The highest BCUT2D eigenvalue weighted by Crippen LogP contribution is 2.25. The molecule has 3 aromatic rings. The van der Waals surface area contributed by atoms with Crippen LogP contribution in [0.4, 0.5) is 17.1 Å². The van der Waals surface area contributed by atoms with E-state index in [4.69, 9.17) is 10.5 Å². The van der Waals surface area contributed by atoms with Crippen LogP contribution >= 0.6 is 0 Å². The number of benzene rings is 3. The lowest BCUT2D eigenvalue weighted by atomic mass is 10.1. The number of ether oxygens (including phenoxy) is 1. The van der Waals surface area contributed by atoms with Gasteiger partial charge in [0.15, 0.2) is 0 Å². The maximum absolute atomic E-state index is 13.0. The lowest BCUT2D eigenvalue weighted by molar-refractivity contribution is -0.119. The van der Waals surface area contributed by atoms with Crippen molar-refractivity contribution in [3.8, 4) is 5.75 Å². The highest BCUT2D eigenvalue weighted by Gasteiger charge is 2.35. The van der Waals surface area contributed by atoms with Crippen molar-refractivity contribution in [1.82, 2.24) is 0 Å². The fourth-order valence-electron chi connectivity index (χ4n) is 3.57. The zero-order valence-electron chi connectivity index (χ0n) is 18.4. The summed E-state index contributed by atoms with van der Waals surface area (Å²) >= 11 is 0. The molecule has 0 aliphatic carbocycles. The van der Waals surface area contributed by atoms with E-state index in [0.717, 1.165) is 0 Å². The van der Waals surface area contributed by atoms with Crippen LogP contribution in [0.1, 0.15) is 16.8 Å². The second kappa shape index (κ2) is 9.86. The molecule has 34 heavy (non-hydrogen) atoms. The number of nitrogens with one attached hydrogen (secondary N) is 2. The molecule has 1 atom stereocenters. The minimum atomic E-state index is -0.783. The van der Waals surface area contributed by atoms with E-state index < -0.39 is 23.8 Å². The Labute approximate surface area is 196 Å². The first-order valence-corrected chi connectivity index (χ1v) is 10.5. The van der Waals surface area contributed by atoms with Crippen LogP contribution < -0.4 is 26.1 Å². The molecule has 0 bridgehead atoms. The first-order chi connectivity index (χ1) is 16.5. The van der Waals surface area contributed by atoms with Gasteiger partial charge in [0.25, 0.3) is 11.8 Å². The molecule has 1 heterocycles. The number of amides is 3. The van der Waals surface area contributed by atoms with Crippen LogP contribution in [0.5, 0.6) is 5.75 Å². The average Bonchev–Trinajstić information content (AvgIpc) is 3.31. The Morgan fingerprint density at radius 3 is 2.41 bits per heavy atom. The van der Waals surface area contributed by atoms with E-state index in [1.165, 1.54) is 5.01 Å². The Morgan fingerprint density at radius 1 is 0.941 bits per heavy atom. The zero-order chi connectivity index (χ0) is 24.1. The Morgan fingerprint density at radius 2 is 1.68 bits per heavy atom. The van der Waals surface area contributed by atoms with E-state index in [1.807, 2.05) is 6.07 Å². The minimum absolute atomic E-state index is 0.0498. The van der Waals surface area contributed by atoms with Crippen LogP contribution in [0, 0.1) is 0 Å². The summed E-state index contributed by atoms with van der Waals surface area (Å²) in [5.74, 6) is -0.913. The summed E-state index contributed by atoms with van der Waals surface area (Å²) in [7, 11) is 1.54. The summed E-state index contributed by atoms with van der Waals surface area (Å²) in [5.41, 5.74) is 7.46. The van der Waals surface area contributed by atoms with Crippen molar-refractivity contribution in [2.75, 3.05) is 22.8 Å². The summed E-state index contributed by atoms with van der Waals surface area (Å²) < 4.78 is 5.18. The molecule has 172 valence electrons. The van der Waals surface area contributed by atoms with E-state index in [1.54, 1.807) is 79.9 Å². The molecule has 1 aliphatic heterocycles. The number of hydrazone groups is 1. The molecule has 0 spiro atoms. The highest BCUT2D eigenvalue weighted by molar-refractivity contribution is 6.44. The fourth-order valence-corrected chi connectivity index (χ4v) is 3.57. The van der Waals surface area contributed by atoms with Crippen molar-refractivity contribution >= 4 is 40.5 Å². The van der Waals surface area contributed by atoms with Gasteiger partial charge in [-0.1, -0.05) is 36.4 Å². The second-order valence-electron chi connectivity index (χ2n) is 7.53. The molecule has 0 saturated heterocycles. The summed E-state index contributed by atoms with van der Waals surface area (Å²) in [6.07, 6.45) is 0.0498. The molecule has 9 nitrogen and oxygen atoms in total. The van der Waals surface area contributed by atoms with Gasteiger partial charge >= 0.3 is 0 Å². The number of carbonyl (C=O) groups is 3. The van der Waals surface area contributed by atoms with Gasteiger partial charge in [-0.2, -0.15) is 5.10 Å². The summed E-state index contributed by atoms with van der Waals surface area (Å²) in [6.45, 7) is 0. The van der Waals surface area contributed by atoms with E-state index in [9.17, 15) is 14.4 Å². The van der Waals surface area contributed by atoms with Gasteiger partial charge in [-0.15, -0.1) is 0 Å². The number of nitrogens with two attached hydrogens (primary N) is 1. The van der Waals surface area contributed by atoms with Gasteiger partial charge in [-0.25, -0.2) is 0 Å². The number of anilines is 3. The lowest BCUT2D eigenvalue weighted by Gasteiger charge is -2.20. The van der Waals surface area contributed by atoms with E-state index in [-0.39, 0.29) is 17.7 Å². The topological polar surface area (TPSA) is 126 Å². The normalized spacial score (nSPS) is 14.8. The number of carbonyl (C=O) groups excluding carboxylic acids is 3. The van der Waals surface area contributed by atoms with Gasteiger partial charge in [0.05, 0.1) is 24.0 Å². The predicted molar refractivity (Wildman–Crippen MR) is 130 cm³/mol. The zero-order valence-corrected chi connectivity index (χ0v) is 18.4. The molecule has 3 aromatic carbocycles. The molecular weight excluding hydrogens is 434 g/mol. The van der Waals surface area contributed by atoms with Crippen LogP contribution in [0.25, 0.3) is 0 Å². The molecule has 3 amide bonds. The molecule has 1 unspecified atom stereocenters. The number of rotatable bonds is 7. The third-order valence-electron chi connectivity index (χ3n) is 5.27. The van der Waals surface area contributed by atoms with Crippen LogP contribution in [-0.4, -0.2) is 36.6 Å². The van der Waals surface area contributed by atoms with Gasteiger partial charge in [0, 0.05) is 18.2 Å². The summed E-state index contributed by atoms with van der Waals surface area (Å²) in [5, 5.41) is 11.3. The van der Waals surface area contributed by atoms with Crippen molar-refractivity contribution < 1.29 is 19.1 Å². The van der Waals surface area contributed by atoms with Crippen molar-refractivity contribution in [3.63, 3.8) is 0 Å². The van der Waals surface area contributed by atoms with Gasteiger partial charge in [0.1, 0.15) is 17.5 Å². The Balaban J connectivity index is 1.53. The first-order valence-electron chi connectivity index (χ1n) is 10.5. The number of hydrogen-bond acceptors (Lipinski definition) is 6.